The Bertz CT molecular complexity index is 621. The molecule has 1 atom stereocenters. The molecule has 2 rings (SSSR count). The summed E-state index contributed by atoms with van der Waals surface area (Å²) in [4.78, 5) is 3.99. The molecule has 0 saturated carbocycles. The zero-order chi connectivity index (χ0) is 17.2. The van der Waals surface area contributed by atoms with Crippen LogP contribution in [0, 0.1) is 0 Å². The lowest BCUT2D eigenvalue weighted by Gasteiger charge is -2.20. The molecular weight excluding hydrogens is 435 g/mol. The molecule has 0 fully saturated rings. The highest BCUT2D eigenvalue weighted by Crippen LogP contribution is 2.20. The van der Waals surface area contributed by atoms with Crippen molar-refractivity contribution in [3.63, 3.8) is 0 Å². The van der Waals surface area contributed by atoms with Crippen molar-refractivity contribution >= 4 is 29.9 Å². The first-order chi connectivity index (χ1) is 11.7. The van der Waals surface area contributed by atoms with Gasteiger partial charge in [-0.1, -0.05) is 60.7 Å². The summed E-state index contributed by atoms with van der Waals surface area (Å²) < 4.78 is 24.7. The lowest BCUT2D eigenvalue weighted by Crippen LogP contribution is -2.41. The van der Waals surface area contributed by atoms with Crippen molar-refractivity contribution in [1.29, 1.82) is 0 Å². The Morgan fingerprint density at radius 1 is 0.920 bits per heavy atom. The summed E-state index contributed by atoms with van der Waals surface area (Å²) in [6, 6.07) is 20.4. The molecule has 136 valence electrons. The third-order valence-corrected chi connectivity index (χ3v) is 3.76. The monoisotopic (exact) mass is 459 g/mol. The molecule has 2 aromatic rings. The summed E-state index contributed by atoms with van der Waals surface area (Å²) >= 11 is 0. The van der Waals surface area contributed by atoms with Crippen LogP contribution in [0.3, 0.4) is 0 Å². The third kappa shape index (κ3) is 7.81. The highest BCUT2D eigenvalue weighted by molar-refractivity contribution is 14.0. The van der Waals surface area contributed by atoms with E-state index in [1.54, 1.807) is 7.05 Å². The molecule has 3 nitrogen and oxygen atoms in total. The summed E-state index contributed by atoms with van der Waals surface area (Å²) in [5.41, 5.74) is 2.45. The van der Waals surface area contributed by atoms with Crippen molar-refractivity contribution < 1.29 is 8.78 Å². The first-order valence-electron chi connectivity index (χ1n) is 8.00. The fraction of sp³-hybridized carbons (Fsp3) is 0.316. The van der Waals surface area contributed by atoms with Gasteiger partial charge in [-0.05, 0) is 17.5 Å². The zero-order valence-corrected chi connectivity index (χ0v) is 16.5. The maximum atomic E-state index is 12.3. The summed E-state index contributed by atoms with van der Waals surface area (Å²) in [5, 5.41) is 5.78. The van der Waals surface area contributed by atoms with E-state index in [9.17, 15) is 8.78 Å². The number of hydrogen-bond acceptors (Lipinski definition) is 1. The Hall–Kier alpha value is -1.70. The third-order valence-electron chi connectivity index (χ3n) is 3.76. The molecule has 25 heavy (non-hydrogen) atoms. The summed E-state index contributed by atoms with van der Waals surface area (Å²) in [5.74, 6) is 0.614. The maximum absolute atomic E-state index is 12.3. The minimum absolute atomic E-state index is 0. The Labute approximate surface area is 165 Å². The Morgan fingerprint density at radius 2 is 1.48 bits per heavy atom. The van der Waals surface area contributed by atoms with E-state index in [0.717, 1.165) is 6.42 Å². The smallest absolute Gasteiger partial charge is 0.255 e. The van der Waals surface area contributed by atoms with Crippen LogP contribution in [0.25, 0.3) is 0 Å². The molecule has 0 radical (unpaired) electrons. The second-order valence-electron chi connectivity index (χ2n) is 5.52. The minimum Gasteiger partial charge on any atom is -0.356 e. The van der Waals surface area contributed by atoms with Gasteiger partial charge in [0.05, 0.1) is 6.54 Å². The number of benzene rings is 2. The highest BCUT2D eigenvalue weighted by Gasteiger charge is 2.13. The SMILES string of the molecule is CN=C(NCC(F)F)NCC(Cc1ccccc1)c1ccccc1.I. The first kappa shape index (κ1) is 21.3. The number of guanidine groups is 1. The average Bonchev–Trinajstić information content (AvgIpc) is 2.62. The van der Waals surface area contributed by atoms with Crippen LogP contribution < -0.4 is 10.6 Å². The molecule has 0 bridgehead atoms. The number of nitrogens with one attached hydrogen (secondary N) is 2. The van der Waals surface area contributed by atoms with Crippen LogP contribution >= 0.6 is 24.0 Å². The van der Waals surface area contributed by atoms with Crippen LogP contribution in [0.5, 0.6) is 0 Å². The van der Waals surface area contributed by atoms with Crippen molar-refractivity contribution in [2.45, 2.75) is 18.8 Å². The lowest BCUT2D eigenvalue weighted by molar-refractivity contribution is 0.152. The second-order valence-corrected chi connectivity index (χ2v) is 5.52. The quantitative estimate of drug-likeness (QED) is 0.372. The summed E-state index contributed by atoms with van der Waals surface area (Å²) in [6.45, 7) is 0.205. The van der Waals surface area contributed by atoms with E-state index in [2.05, 4.69) is 39.9 Å². The molecule has 2 aromatic carbocycles. The van der Waals surface area contributed by atoms with Gasteiger partial charge in [-0.15, -0.1) is 24.0 Å². The Balaban J connectivity index is 0.00000312. The highest BCUT2D eigenvalue weighted by atomic mass is 127. The molecule has 0 aromatic heterocycles. The predicted molar refractivity (Wildman–Crippen MR) is 110 cm³/mol. The molecule has 2 N–H and O–H groups in total. The lowest BCUT2D eigenvalue weighted by atomic mass is 9.92. The molecule has 0 aliphatic carbocycles. The van der Waals surface area contributed by atoms with E-state index in [-0.39, 0.29) is 29.9 Å². The molecule has 6 heteroatoms. The number of hydrogen-bond donors (Lipinski definition) is 2. The fourth-order valence-corrected chi connectivity index (χ4v) is 2.55. The van der Waals surface area contributed by atoms with Gasteiger partial charge < -0.3 is 10.6 Å². The van der Waals surface area contributed by atoms with E-state index in [4.69, 9.17) is 0 Å². The molecule has 1 unspecified atom stereocenters. The van der Waals surface area contributed by atoms with E-state index in [0.29, 0.717) is 12.5 Å². The first-order valence-corrected chi connectivity index (χ1v) is 8.00. The van der Waals surface area contributed by atoms with Gasteiger partial charge in [0.2, 0.25) is 0 Å². The van der Waals surface area contributed by atoms with Crippen LogP contribution in [-0.2, 0) is 6.42 Å². The fourth-order valence-electron chi connectivity index (χ4n) is 2.55. The molecule has 0 aliphatic rings. The van der Waals surface area contributed by atoms with Gasteiger partial charge >= 0.3 is 0 Å². The van der Waals surface area contributed by atoms with Gasteiger partial charge in [-0.25, -0.2) is 8.78 Å². The van der Waals surface area contributed by atoms with Crippen LogP contribution in [-0.4, -0.2) is 32.5 Å². The van der Waals surface area contributed by atoms with Crippen molar-refractivity contribution in [3.05, 3.63) is 71.8 Å². The minimum atomic E-state index is -2.40. The van der Waals surface area contributed by atoms with Gasteiger partial charge in [-0.2, -0.15) is 0 Å². The van der Waals surface area contributed by atoms with E-state index in [1.165, 1.54) is 11.1 Å². The standard InChI is InChI=1S/C19H23F2N3.HI/c1-22-19(24-14-18(20)21)23-13-17(16-10-6-3-7-11-16)12-15-8-4-2-5-9-15;/h2-11,17-18H,12-14H2,1H3,(H2,22,23,24);1H. The van der Waals surface area contributed by atoms with E-state index in [1.807, 2.05) is 36.4 Å². The molecular formula is C19H24F2IN3. The van der Waals surface area contributed by atoms with Gasteiger partial charge in [0.25, 0.3) is 6.43 Å². The normalized spacial score (nSPS) is 12.4. The topological polar surface area (TPSA) is 36.4 Å². The predicted octanol–water partition coefficient (Wildman–Crippen LogP) is 4.06. The Kier molecular flexibility index (Phi) is 10.1. The number of halogens is 3. The van der Waals surface area contributed by atoms with Crippen molar-refractivity contribution in [2.75, 3.05) is 20.1 Å². The van der Waals surface area contributed by atoms with E-state index < -0.39 is 13.0 Å². The van der Waals surface area contributed by atoms with Gasteiger partial charge in [0.15, 0.2) is 5.96 Å². The second kappa shape index (κ2) is 11.8. The maximum Gasteiger partial charge on any atom is 0.255 e. The average molecular weight is 459 g/mol. The largest absolute Gasteiger partial charge is 0.356 e. The van der Waals surface area contributed by atoms with Crippen LogP contribution in [0.1, 0.15) is 17.0 Å². The molecule has 0 aliphatic heterocycles. The molecule has 0 spiro atoms. The van der Waals surface area contributed by atoms with Gasteiger partial charge in [0.1, 0.15) is 0 Å². The summed E-state index contributed by atoms with van der Waals surface area (Å²) in [7, 11) is 1.58. The van der Waals surface area contributed by atoms with Crippen molar-refractivity contribution in [1.82, 2.24) is 10.6 Å². The Morgan fingerprint density at radius 3 is 2.04 bits per heavy atom. The van der Waals surface area contributed by atoms with E-state index >= 15 is 0 Å². The number of aliphatic imine (C=N–C) groups is 1. The van der Waals surface area contributed by atoms with Gasteiger partial charge in [0, 0.05) is 19.5 Å². The molecule has 0 saturated heterocycles. The summed E-state index contributed by atoms with van der Waals surface area (Å²) in [6.07, 6.45) is -1.54. The van der Waals surface area contributed by atoms with Gasteiger partial charge in [-0.3, -0.25) is 4.99 Å². The van der Waals surface area contributed by atoms with Crippen molar-refractivity contribution in [2.24, 2.45) is 4.99 Å². The van der Waals surface area contributed by atoms with Crippen LogP contribution in [0.2, 0.25) is 0 Å². The number of nitrogens with zero attached hydrogens (tertiary/aromatic N) is 1. The molecule has 0 heterocycles. The van der Waals surface area contributed by atoms with Crippen molar-refractivity contribution in [3.8, 4) is 0 Å². The van der Waals surface area contributed by atoms with Crippen LogP contribution in [0.15, 0.2) is 65.7 Å². The van der Waals surface area contributed by atoms with Crippen LogP contribution in [0.4, 0.5) is 8.78 Å². The zero-order valence-electron chi connectivity index (χ0n) is 14.2. The number of rotatable bonds is 7. The molecule has 0 amide bonds. The number of alkyl halides is 2.